The first-order valence-corrected chi connectivity index (χ1v) is 8.88. The Kier molecular flexibility index (Phi) is 5.61. The Morgan fingerprint density at radius 1 is 1.14 bits per heavy atom. The molecule has 0 bridgehead atoms. The number of non-ortho nitro benzene ring substituents is 1. The van der Waals surface area contributed by atoms with Gasteiger partial charge in [0.15, 0.2) is 5.13 Å². The van der Waals surface area contributed by atoms with Crippen LogP contribution in [0.1, 0.15) is 16.1 Å². The minimum Gasteiger partial charge on any atom is -0.506 e. The molecule has 0 radical (unpaired) electrons. The molecule has 0 atom stereocenters. The highest BCUT2D eigenvalue weighted by Gasteiger charge is 2.16. The number of rotatable bonds is 6. The van der Waals surface area contributed by atoms with Gasteiger partial charge in [-0.3, -0.25) is 19.7 Å². The van der Waals surface area contributed by atoms with Crippen LogP contribution in [0.4, 0.5) is 16.5 Å². The van der Waals surface area contributed by atoms with Crippen LogP contribution in [0.15, 0.2) is 53.9 Å². The van der Waals surface area contributed by atoms with Crippen molar-refractivity contribution in [3.8, 4) is 5.75 Å². The van der Waals surface area contributed by atoms with Gasteiger partial charge in [-0.2, -0.15) is 0 Å². The van der Waals surface area contributed by atoms with Crippen molar-refractivity contribution in [1.29, 1.82) is 0 Å². The second kappa shape index (κ2) is 8.27. The number of nitrogens with zero attached hydrogens (tertiary/aromatic N) is 2. The molecule has 0 aliphatic heterocycles. The average Bonchev–Trinajstić information content (AvgIpc) is 3.12. The van der Waals surface area contributed by atoms with E-state index in [2.05, 4.69) is 15.6 Å². The number of carbonyl (C=O) groups excluding carboxylic acids is 2. The number of thiazole rings is 1. The van der Waals surface area contributed by atoms with E-state index in [0.717, 1.165) is 35.1 Å². The van der Waals surface area contributed by atoms with Crippen molar-refractivity contribution < 1.29 is 19.6 Å². The minimum absolute atomic E-state index is 0.00548. The number of nitro benzene ring substituents is 1. The molecule has 10 heteroatoms. The number of phenols is 1. The summed E-state index contributed by atoms with van der Waals surface area (Å²) in [5, 5.41) is 27.2. The molecule has 3 aromatic rings. The number of amides is 2. The zero-order valence-electron chi connectivity index (χ0n) is 14.3. The molecule has 3 rings (SSSR count). The Balaban J connectivity index is 1.65. The van der Waals surface area contributed by atoms with Gasteiger partial charge < -0.3 is 15.7 Å². The van der Waals surface area contributed by atoms with Crippen LogP contribution in [0.3, 0.4) is 0 Å². The molecule has 2 aromatic carbocycles. The largest absolute Gasteiger partial charge is 0.506 e. The highest BCUT2D eigenvalue weighted by molar-refractivity contribution is 7.14. The van der Waals surface area contributed by atoms with Gasteiger partial charge in [0.1, 0.15) is 11.4 Å². The van der Waals surface area contributed by atoms with Crippen molar-refractivity contribution in [2.24, 2.45) is 0 Å². The first kappa shape index (κ1) is 19.0. The number of nitro groups is 1. The number of phenolic OH excluding ortho intramolecular Hbond substituents is 1. The second-order valence-electron chi connectivity index (χ2n) is 5.66. The normalized spacial score (nSPS) is 10.3. The Hall–Kier alpha value is -3.79. The highest BCUT2D eigenvalue weighted by Crippen LogP contribution is 2.28. The molecule has 0 saturated carbocycles. The molecule has 0 unspecified atom stereocenters. The summed E-state index contributed by atoms with van der Waals surface area (Å²) >= 11 is 1.06. The molecule has 142 valence electrons. The molecule has 0 aliphatic carbocycles. The summed E-state index contributed by atoms with van der Waals surface area (Å²) in [6, 6.07) is 12.4. The Bertz CT molecular complexity index is 1040. The molecule has 28 heavy (non-hydrogen) atoms. The van der Waals surface area contributed by atoms with Gasteiger partial charge in [0.25, 0.3) is 11.6 Å². The van der Waals surface area contributed by atoms with Crippen LogP contribution in [0.2, 0.25) is 0 Å². The van der Waals surface area contributed by atoms with Gasteiger partial charge in [0, 0.05) is 17.5 Å². The summed E-state index contributed by atoms with van der Waals surface area (Å²) in [5.74, 6) is -1.26. The van der Waals surface area contributed by atoms with E-state index >= 15 is 0 Å². The van der Waals surface area contributed by atoms with Crippen molar-refractivity contribution in [3.63, 3.8) is 0 Å². The van der Waals surface area contributed by atoms with Crippen molar-refractivity contribution in [2.45, 2.75) is 6.42 Å². The monoisotopic (exact) mass is 398 g/mol. The van der Waals surface area contributed by atoms with E-state index in [1.165, 1.54) is 5.38 Å². The predicted octanol–water partition coefficient (Wildman–Crippen LogP) is 3.19. The molecule has 3 N–H and O–H groups in total. The highest BCUT2D eigenvalue weighted by atomic mass is 32.1. The zero-order valence-corrected chi connectivity index (χ0v) is 15.1. The smallest absolute Gasteiger partial charge is 0.275 e. The number of nitrogens with one attached hydrogen (secondary N) is 2. The van der Waals surface area contributed by atoms with E-state index in [0.29, 0.717) is 0 Å². The van der Waals surface area contributed by atoms with Gasteiger partial charge in [-0.1, -0.05) is 30.3 Å². The number of hydrogen-bond acceptors (Lipinski definition) is 7. The minimum atomic E-state index is -0.671. The molecular weight excluding hydrogens is 384 g/mol. The third-order valence-corrected chi connectivity index (χ3v) is 4.39. The van der Waals surface area contributed by atoms with Crippen molar-refractivity contribution >= 4 is 39.7 Å². The fraction of sp³-hybridized carbons (Fsp3) is 0.0556. The summed E-state index contributed by atoms with van der Waals surface area (Å²) in [6.07, 6.45) is 0.170. The number of aromatic nitrogens is 1. The molecule has 2 amide bonds. The van der Waals surface area contributed by atoms with Crippen molar-refractivity contribution in [1.82, 2.24) is 4.98 Å². The first-order chi connectivity index (χ1) is 13.4. The number of carbonyl (C=O) groups is 2. The topological polar surface area (TPSA) is 134 Å². The number of aromatic hydroxyl groups is 1. The van der Waals surface area contributed by atoms with Crippen LogP contribution < -0.4 is 10.6 Å². The van der Waals surface area contributed by atoms with Gasteiger partial charge >= 0.3 is 0 Å². The number of benzene rings is 2. The third-order valence-electron chi connectivity index (χ3n) is 3.63. The lowest BCUT2D eigenvalue weighted by atomic mass is 10.1. The van der Waals surface area contributed by atoms with Gasteiger partial charge in [-0.25, -0.2) is 4.98 Å². The van der Waals surface area contributed by atoms with Crippen LogP contribution in [0.25, 0.3) is 0 Å². The maximum absolute atomic E-state index is 12.3. The Morgan fingerprint density at radius 3 is 2.61 bits per heavy atom. The Labute approximate surface area is 162 Å². The maximum Gasteiger partial charge on any atom is 0.275 e. The quantitative estimate of drug-likeness (QED) is 0.332. The molecule has 9 nitrogen and oxygen atoms in total. The van der Waals surface area contributed by atoms with Crippen LogP contribution in [0, 0.1) is 10.1 Å². The van der Waals surface area contributed by atoms with Crippen LogP contribution >= 0.6 is 11.3 Å². The van der Waals surface area contributed by atoms with E-state index in [4.69, 9.17) is 0 Å². The lowest BCUT2D eigenvalue weighted by Gasteiger charge is -2.05. The summed E-state index contributed by atoms with van der Waals surface area (Å²) < 4.78 is 0. The van der Waals surface area contributed by atoms with Gasteiger partial charge in [-0.15, -0.1) is 11.3 Å². The SMILES string of the molecule is O=C(Cc1ccccc1)Nc1nc(C(=O)Nc2cc([N+](=O)[O-])ccc2O)cs1. The molecule has 1 heterocycles. The Morgan fingerprint density at radius 2 is 1.89 bits per heavy atom. The van der Waals surface area contributed by atoms with Gasteiger partial charge in [0.05, 0.1) is 17.0 Å². The molecule has 0 fully saturated rings. The fourth-order valence-corrected chi connectivity index (χ4v) is 3.01. The number of hydrogen-bond donors (Lipinski definition) is 3. The van der Waals surface area contributed by atoms with Gasteiger partial charge in [-0.05, 0) is 11.6 Å². The fourth-order valence-electron chi connectivity index (χ4n) is 2.30. The lowest BCUT2D eigenvalue weighted by molar-refractivity contribution is -0.384. The molecule has 0 spiro atoms. The zero-order chi connectivity index (χ0) is 20.1. The van der Waals surface area contributed by atoms with Gasteiger partial charge in [0.2, 0.25) is 5.91 Å². The van der Waals surface area contributed by atoms with E-state index < -0.39 is 10.8 Å². The van der Waals surface area contributed by atoms with E-state index in [9.17, 15) is 24.8 Å². The van der Waals surface area contributed by atoms with E-state index in [1.807, 2.05) is 30.3 Å². The van der Waals surface area contributed by atoms with Crippen LogP contribution in [-0.4, -0.2) is 26.8 Å². The van der Waals surface area contributed by atoms with E-state index in [-0.39, 0.29) is 40.3 Å². The van der Waals surface area contributed by atoms with Crippen molar-refractivity contribution in [3.05, 3.63) is 75.3 Å². The lowest BCUT2D eigenvalue weighted by Crippen LogP contribution is -2.15. The van der Waals surface area contributed by atoms with Crippen LogP contribution in [0.5, 0.6) is 5.75 Å². The molecule has 0 aliphatic rings. The molecular formula is C18H14N4O5S. The maximum atomic E-state index is 12.3. The summed E-state index contributed by atoms with van der Waals surface area (Å²) in [6.45, 7) is 0. The second-order valence-corrected chi connectivity index (χ2v) is 6.52. The summed E-state index contributed by atoms with van der Waals surface area (Å²) in [7, 11) is 0. The average molecular weight is 398 g/mol. The standard InChI is InChI=1S/C18H14N4O5S/c23-15-7-6-12(22(26)27)9-13(15)19-17(25)14-10-28-18(20-14)21-16(24)8-11-4-2-1-3-5-11/h1-7,9-10,23H,8H2,(H,19,25)(H,20,21,24). The third kappa shape index (κ3) is 4.68. The number of anilines is 2. The van der Waals surface area contributed by atoms with E-state index in [1.54, 1.807) is 0 Å². The summed E-state index contributed by atoms with van der Waals surface area (Å²) in [5.41, 5.74) is 0.462. The molecule has 1 aromatic heterocycles. The van der Waals surface area contributed by atoms with Crippen molar-refractivity contribution in [2.75, 3.05) is 10.6 Å². The molecule has 0 saturated heterocycles. The first-order valence-electron chi connectivity index (χ1n) is 8.00. The van der Waals surface area contributed by atoms with Crippen LogP contribution in [-0.2, 0) is 11.2 Å². The summed E-state index contributed by atoms with van der Waals surface area (Å²) in [4.78, 5) is 38.5. The predicted molar refractivity (Wildman–Crippen MR) is 104 cm³/mol.